The van der Waals surface area contributed by atoms with Crippen molar-refractivity contribution < 1.29 is 32.6 Å². The van der Waals surface area contributed by atoms with Crippen molar-refractivity contribution >= 4 is 27.6 Å². The lowest BCUT2D eigenvalue weighted by molar-refractivity contribution is -0.133. The van der Waals surface area contributed by atoms with Crippen LogP contribution in [0.4, 0.5) is 0 Å². The molecule has 2 amide bonds. The van der Waals surface area contributed by atoms with Gasteiger partial charge in [0.2, 0.25) is 5.91 Å². The predicted molar refractivity (Wildman–Crippen MR) is 137 cm³/mol. The van der Waals surface area contributed by atoms with Gasteiger partial charge in [-0.05, 0) is 79.1 Å². The van der Waals surface area contributed by atoms with Crippen LogP contribution in [0, 0.1) is 12.0 Å². The van der Waals surface area contributed by atoms with Crippen molar-refractivity contribution in [2.45, 2.75) is 43.9 Å². The van der Waals surface area contributed by atoms with E-state index in [1.54, 1.807) is 42.3 Å². The largest absolute Gasteiger partial charge is 0.478 e. The molecule has 1 radical (unpaired) electrons. The molecule has 0 unspecified atom stereocenters. The Kier molecular flexibility index (Phi) is 7.99. The molecule has 2 fully saturated rings. The van der Waals surface area contributed by atoms with Gasteiger partial charge in [-0.25, -0.2) is 13.2 Å². The number of aromatic carboxylic acids is 1. The minimum atomic E-state index is -3.24. The lowest BCUT2D eigenvalue weighted by atomic mass is 9.83. The lowest BCUT2D eigenvalue weighted by Crippen LogP contribution is -2.50. The number of sulfone groups is 1. The second-order valence-corrected chi connectivity index (χ2v) is 12.0. The Morgan fingerprint density at radius 3 is 2.59 bits per heavy atom. The summed E-state index contributed by atoms with van der Waals surface area (Å²) in [6.45, 7) is 0.449. The van der Waals surface area contributed by atoms with E-state index in [0.717, 1.165) is 6.42 Å². The Bertz CT molecular complexity index is 1290. The SMILES string of the molecule is CO[C@@H]1CC[C@H](N2CC[C@H](NC(=O)c3cccc(-c4c[c]cc(C(=O)O)c4)c3)C2=O)[C@@H](CS(C)(=O)=O)C1. The number of carboxylic acids is 1. The number of hydrogen-bond acceptors (Lipinski definition) is 6. The zero-order valence-electron chi connectivity index (χ0n) is 20.8. The molecule has 1 saturated heterocycles. The van der Waals surface area contributed by atoms with Crippen LogP contribution in [-0.4, -0.2) is 80.1 Å². The number of carbonyl (C=O) groups excluding carboxylic acids is 2. The maximum absolute atomic E-state index is 13.3. The number of nitrogens with zero attached hydrogens (tertiary/aromatic N) is 1. The summed E-state index contributed by atoms with van der Waals surface area (Å²) in [6.07, 6.45) is 3.59. The maximum Gasteiger partial charge on any atom is 0.335 e. The molecule has 2 aromatic carbocycles. The van der Waals surface area contributed by atoms with Gasteiger partial charge >= 0.3 is 5.97 Å². The van der Waals surface area contributed by atoms with Gasteiger partial charge in [0.25, 0.3) is 5.91 Å². The Morgan fingerprint density at radius 2 is 1.89 bits per heavy atom. The topological polar surface area (TPSA) is 130 Å². The first kappa shape index (κ1) is 26.8. The predicted octanol–water partition coefficient (Wildman–Crippen LogP) is 2.41. The monoisotopic (exact) mass is 527 g/mol. The normalized spacial score (nSPS) is 24.2. The van der Waals surface area contributed by atoms with Crippen LogP contribution in [0.25, 0.3) is 11.1 Å². The number of methoxy groups -OCH3 is 1. The average molecular weight is 528 g/mol. The molecule has 37 heavy (non-hydrogen) atoms. The summed E-state index contributed by atoms with van der Waals surface area (Å²) in [6, 6.07) is 13.2. The highest BCUT2D eigenvalue weighted by Gasteiger charge is 2.43. The van der Waals surface area contributed by atoms with E-state index in [9.17, 15) is 27.9 Å². The zero-order valence-corrected chi connectivity index (χ0v) is 21.7. The minimum absolute atomic E-state index is 0.00830. The Labute approximate surface area is 216 Å². The number of ether oxygens (including phenoxy) is 1. The lowest BCUT2D eigenvalue weighted by Gasteiger charge is -2.40. The van der Waals surface area contributed by atoms with Gasteiger partial charge in [0.15, 0.2) is 0 Å². The number of amides is 2. The highest BCUT2D eigenvalue weighted by atomic mass is 32.2. The van der Waals surface area contributed by atoms with Gasteiger partial charge in [0.05, 0.1) is 17.4 Å². The summed E-state index contributed by atoms with van der Waals surface area (Å²) < 4.78 is 29.6. The molecule has 1 saturated carbocycles. The van der Waals surface area contributed by atoms with Crippen LogP contribution in [0.1, 0.15) is 46.4 Å². The molecule has 1 aliphatic heterocycles. The van der Waals surface area contributed by atoms with Crippen LogP contribution < -0.4 is 5.32 Å². The molecular formula is C27H31N2O7S. The molecule has 197 valence electrons. The van der Waals surface area contributed by atoms with Gasteiger partial charge in [-0.15, -0.1) is 0 Å². The molecule has 0 bridgehead atoms. The Balaban J connectivity index is 1.46. The molecule has 1 aliphatic carbocycles. The molecule has 2 aliphatic rings. The number of carbonyl (C=O) groups is 3. The quantitative estimate of drug-likeness (QED) is 0.539. The van der Waals surface area contributed by atoms with Gasteiger partial charge in [-0.2, -0.15) is 0 Å². The van der Waals surface area contributed by atoms with Crippen LogP contribution in [0.3, 0.4) is 0 Å². The number of rotatable bonds is 8. The van der Waals surface area contributed by atoms with Crippen LogP contribution in [-0.2, 0) is 19.4 Å². The fourth-order valence-electron chi connectivity index (χ4n) is 5.41. The van der Waals surface area contributed by atoms with E-state index in [0.29, 0.717) is 42.5 Å². The van der Waals surface area contributed by atoms with Crippen LogP contribution in [0.2, 0.25) is 0 Å². The zero-order chi connectivity index (χ0) is 26.7. The third kappa shape index (κ3) is 6.37. The van der Waals surface area contributed by atoms with Crippen LogP contribution in [0.5, 0.6) is 0 Å². The molecule has 4 atom stereocenters. The Morgan fingerprint density at radius 1 is 1.14 bits per heavy atom. The summed E-state index contributed by atoms with van der Waals surface area (Å²) in [7, 11) is -1.62. The van der Waals surface area contributed by atoms with Gasteiger partial charge in [0.1, 0.15) is 15.9 Å². The van der Waals surface area contributed by atoms with Crippen molar-refractivity contribution in [2.24, 2.45) is 5.92 Å². The molecule has 4 rings (SSSR count). The van der Waals surface area contributed by atoms with Gasteiger partial charge < -0.3 is 20.1 Å². The summed E-state index contributed by atoms with van der Waals surface area (Å²) in [4.78, 5) is 39.4. The van der Waals surface area contributed by atoms with E-state index < -0.39 is 27.8 Å². The fraction of sp³-hybridized carbons (Fsp3) is 0.444. The molecule has 2 N–H and O–H groups in total. The van der Waals surface area contributed by atoms with Gasteiger partial charge in [-0.3, -0.25) is 9.59 Å². The van der Waals surface area contributed by atoms with E-state index in [-0.39, 0.29) is 35.3 Å². The molecule has 0 spiro atoms. The van der Waals surface area contributed by atoms with Crippen molar-refractivity contribution in [1.29, 1.82) is 0 Å². The highest BCUT2D eigenvalue weighted by Crippen LogP contribution is 2.33. The summed E-state index contributed by atoms with van der Waals surface area (Å²) in [5.74, 6) is -1.90. The van der Waals surface area contributed by atoms with Crippen molar-refractivity contribution in [2.75, 3.05) is 25.7 Å². The van der Waals surface area contributed by atoms with Crippen molar-refractivity contribution in [3.05, 3.63) is 59.7 Å². The number of hydrogen-bond donors (Lipinski definition) is 2. The first-order valence-corrected chi connectivity index (χ1v) is 14.3. The van der Waals surface area contributed by atoms with E-state index in [4.69, 9.17) is 4.74 Å². The Hall–Kier alpha value is -3.24. The standard InChI is InChI=1S/C27H31N2O7S/c1-36-22-9-10-24(21(15-22)16-37(2,34)35)29-12-11-23(26(29)31)28-25(30)19-7-3-5-17(13-19)18-6-4-8-20(14-18)27(32)33/h3,5-8,13-14,21-24H,9-12,15-16H2,1-2H3,(H,28,30)(H,32,33)/t21-,22-,23+,24+/m1/s1. The molecule has 0 aromatic heterocycles. The average Bonchev–Trinajstić information content (AvgIpc) is 3.22. The summed E-state index contributed by atoms with van der Waals surface area (Å²) in [5.41, 5.74) is 1.71. The second-order valence-electron chi connectivity index (χ2n) is 9.83. The van der Waals surface area contributed by atoms with Crippen molar-refractivity contribution in [3.8, 4) is 11.1 Å². The van der Waals surface area contributed by atoms with Gasteiger partial charge in [0, 0.05) is 31.5 Å². The highest BCUT2D eigenvalue weighted by molar-refractivity contribution is 7.90. The molecule has 9 nitrogen and oxygen atoms in total. The summed E-state index contributed by atoms with van der Waals surface area (Å²) >= 11 is 0. The van der Waals surface area contributed by atoms with Crippen LogP contribution >= 0.6 is 0 Å². The molecule has 10 heteroatoms. The van der Waals surface area contributed by atoms with E-state index in [2.05, 4.69) is 11.4 Å². The smallest absolute Gasteiger partial charge is 0.335 e. The molecular weight excluding hydrogens is 496 g/mol. The van der Waals surface area contributed by atoms with Crippen molar-refractivity contribution in [1.82, 2.24) is 10.2 Å². The maximum atomic E-state index is 13.3. The molecule has 2 aromatic rings. The minimum Gasteiger partial charge on any atom is -0.478 e. The third-order valence-corrected chi connectivity index (χ3v) is 8.22. The molecule has 1 heterocycles. The summed E-state index contributed by atoms with van der Waals surface area (Å²) in [5, 5.41) is 12.1. The fourth-order valence-corrected chi connectivity index (χ4v) is 6.54. The van der Waals surface area contributed by atoms with Crippen LogP contribution in [0.15, 0.2) is 42.5 Å². The number of carboxylic acid groups (broad SMARTS) is 1. The van der Waals surface area contributed by atoms with E-state index >= 15 is 0 Å². The van der Waals surface area contributed by atoms with Crippen molar-refractivity contribution in [3.63, 3.8) is 0 Å². The van der Waals surface area contributed by atoms with Gasteiger partial charge in [-0.1, -0.05) is 12.1 Å². The van der Waals surface area contributed by atoms with E-state index in [1.807, 2.05) is 0 Å². The number of nitrogens with one attached hydrogen (secondary N) is 1. The van der Waals surface area contributed by atoms with E-state index in [1.165, 1.54) is 18.4 Å². The third-order valence-electron chi connectivity index (χ3n) is 7.18. The second kappa shape index (κ2) is 11.0. The number of benzene rings is 2. The first-order chi connectivity index (χ1) is 17.6. The number of likely N-dealkylation sites (tertiary alicyclic amines) is 1. The first-order valence-electron chi connectivity index (χ1n) is 12.2.